The number of rotatable bonds is 1. The van der Waals surface area contributed by atoms with E-state index in [0.29, 0.717) is 12.8 Å². The molecule has 0 fully saturated rings. The molecule has 0 bridgehead atoms. The van der Waals surface area contributed by atoms with Gasteiger partial charge in [-0.1, -0.05) is 12.1 Å². The molecule has 0 aliphatic heterocycles. The molecule has 90 valence electrons. The fourth-order valence-corrected chi connectivity index (χ4v) is 2.54. The fourth-order valence-electron chi connectivity index (χ4n) is 2.54. The third-order valence-corrected chi connectivity index (χ3v) is 3.56. The number of benzene rings is 1. The minimum Gasteiger partial charge on any atom is -0.481 e. The number of ketones is 1. The van der Waals surface area contributed by atoms with Crippen molar-refractivity contribution >= 4 is 11.8 Å². The Morgan fingerprint density at radius 2 is 1.94 bits per heavy atom. The van der Waals surface area contributed by atoms with E-state index in [2.05, 4.69) is 0 Å². The van der Waals surface area contributed by atoms with Gasteiger partial charge in [0.2, 0.25) is 0 Å². The first-order valence-corrected chi connectivity index (χ1v) is 5.85. The first-order valence-electron chi connectivity index (χ1n) is 5.85. The van der Waals surface area contributed by atoms with Gasteiger partial charge >= 0.3 is 5.97 Å². The van der Waals surface area contributed by atoms with Crippen molar-refractivity contribution < 1.29 is 14.7 Å². The highest BCUT2D eigenvalue weighted by atomic mass is 16.4. The minimum atomic E-state index is -0.860. The second-order valence-corrected chi connectivity index (χ2v) is 4.75. The summed E-state index contributed by atoms with van der Waals surface area (Å²) in [7, 11) is 0. The van der Waals surface area contributed by atoms with Gasteiger partial charge in [0.1, 0.15) is 0 Å². The molecule has 0 amide bonds. The second kappa shape index (κ2) is 4.32. The van der Waals surface area contributed by atoms with Gasteiger partial charge in [-0.3, -0.25) is 9.59 Å². The number of carbonyl (C=O) groups excluding carboxylic acids is 1. The minimum absolute atomic E-state index is 0.0221. The zero-order valence-corrected chi connectivity index (χ0v) is 10.1. The predicted octanol–water partition coefficient (Wildman–Crippen LogP) is 2.52. The Balaban J connectivity index is 2.48. The van der Waals surface area contributed by atoms with Crippen molar-refractivity contribution in [2.45, 2.75) is 33.1 Å². The molecule has 3 nitrogen and oxygen atoms in total. The van der Waals surface area contributed by atoms with E-state index < -0.39 is 11.9 Å². The monoisotopic (exact) mass is 232 g/mol. The van der Waals surface area contributed by atoms with E-state index in [-0.39, 0.29) is 12.2 Å². The topological polar surface area (TPSA) is 54.4 Å². The summed E-state index contributed by atoms with van der Waals surface area (Å²) in [6.07, 6.45) is 1.37. The maximum atomic E-state index is 12.1. The Kier molecular flexibility index (Phi) is 3.01. The third kappa shape index (κ3) is 2.09. The molecule has 0 radical (unpaired) electrons. The number of fused-ring (bicyclic) bond motifs is 1. The van der Waals surface area contributed by atoms with Crippen molar-refractivity contribution in [3.8, 4) is 0 Å². The molecule has 1 unspecified atom stereocenters. The van der Waals surface area contributed by atoms with Crippen molar-refractivity contribution in [3.05, 3.63) is 34.4 Å². The lowest BCUT2D eigenvalue weighted by atomic mass is 9.93. The van der Waals surface area contributed by atoms with Crippen molar-refractivity contribution in [2.75, 3.05) is 0 Å². The van der Waals surface area contributed by atoms with Gasteiger partial charge in [-0.25, -0.2) is 0 Å². The number of Topliss-reactive ketones (excluding diaryl/α,β-unsaturated/α-hetero) is 1. The zero-order chi connectivity index (χ0) is 12.6. The summed E-state index contributed by atoms with van der Waals surface area (Å²) in [5.41, 5.74) is 3.85. The van der Waals surface area contributed by atoms with E-state index in [1.54, 1.807) is 0 Å². The molecule has 3 heteroatoms. The van der Waals surface area contributed by atoms with Crippen LogP contribution in [0, 0.1) is 19.8 Å². The van der Waals surface area contributed by atoms with Crippen LogP contribution in [-0.2, 0) is 11.2 Å². The Morgan fingerprint density at radius 3 is 2.59 bits per heavy atom. The van der Waals surface area contributed by atoms with Crippen LogP contribution in [0.2, 0.25) is 0 Å². The van der Waals surface area contributed by atoms with Gasteiger partial charge in [-0.05, 0) is 43.4 Å². The molecule has 1 N–H and O–H groups in total. The van der Waals surface area contributed by atoms with Crippen LogP contribution in [0.1, 0.15) is 39.9 Å². The second-order valence-electron chi connectivity index (χ2n) is 4.75. The molecule has 0 spiro atoms. The van der Waals surface area contributed by atoms with E-state index >= 15 is 0 Å². The maximum Gasteiger partial charge on any atom is 0.306 e. The number of carboxylic acids is 1. The van der Waals surface area contributed by atoms with Gasteiger partial charge in [0, 0.05) is 12.0 Å². The quantitative estimate of drug-likeness (QED) is 0.757. The molecule has 0 heterocycles. The lowest BCUT2D eigenvalue weighted by molar-refractivity contribution is -0.141. The van der Waals surface area contributed by atoms with Crippen molar-refractivity contribution in [3.63, 3.8) is 0 Å². The van der Waals surface area contributed by atoms with Gasteiger partial charge < -0.3 is 5.11 Å². The van der Waals surface area contributed by atoms with Crippen LogP contribution in [0.4, 0.5) is 0 Å². The number of carboxylic acid groups (broad SMARTS) is 1. The lowest BCUT2D eigenvalue weighted by Crippen LogP contribution is -2.16. The lowest BCUT2D eigenvalue weighted by Gasteiger charge is -2.10. The van der Waals surface area contributed by atoms with Crippen LogP contribution in [0.25, 0.3) is 0 Å². The number of hydrogen-bond acceptors (Lipinski definition) is 2. The van der Waals surface area contributed by atoms with E-state index in [9.17, 15) is 9.59 Å². The average molecular weight is 232 g/mol. The molecule has 17 heavy (non-hydrogen) atoms. The van der Waals surface area contributed by atoms with Gasteiger partial charge in [0.15, 0.2) is 5.78 Å². The maximum absolute atomic E-state index is 12.1. The largest absolute Gasteiger partial charge is 0.481 e. The predicted molar refractivity (Wildman–Crippen MR) is 64.3 cm³/mol. The highest BCUT2D eigenvalue weighted by Gasteiger charge is 2.28. The van der Waals surface area contributed by atoms with Gasteiger partial charge in [-0.15, -0.1) is 0 Å². The Labute approximate surface area is 100 Å². The van der Waals surface area contributed by atoms with Crippen molar-refractivity contribution in [1.29, 1.82) is 0 Å². The first kappa shape index (κ1) is 11.8. The average Bonchev–Trinajstić information content (AvgIpc) is 2.44. The number of hydrogen-bond donors (Lipinski definition) is 1. The van der Waals surface area contributed by atoms with Gasteiger partial charge in [0.05, 0.1) is 5.92 Å². The van der Waals surface area contributed by atoms with E-state index in [0.717, 1.165) is 22.3 Å². The molecular weight excluding hydrogens is 216 g/mol. The summed E-state index contributed by atoms with van der Waals surface area (Å²) in [5, 5.41) is 9.05. The Hall–Kier alpha value is -1.64. The molecule has 2 rings (SSSR count). The van der Waals surface area contributed by atoms with Crippen LogP contribution in [-0.4, -0.2) is 16.9 Å². The molecule has 1 aliphatic carbocycles. The molecule has 0 aromatic heterocycles. The molecule has 1 atom stereocenters. The summed E-state index contributed by atoms with van der Waals surface area (Å²) < 4.78 is 0. The molecule has 1 aromatic carbocycles. The highest BCUT2D eigenvalue weighted by molar-refractivity contribution is 6.01. The van der Waals surface area contributed by atoms with E-state index in [1.807, 2.05) is 26.0 Å². The standard InChI is InChI=1S/C14H16O3/c1-8-3-4-9(2)13-11(8)6-5-10(14(16)17)7-12(13)15/h3-4,10H,5-7H2,1-2H3,(H,16,17). The van der Waals surface area contributed by atoms with Crippen LogP contribution >= 0.6 is 0 Å². The summed E-state index contributed by atoms with van der Waals surface area (Å²) in [6, 6.07) is 3.94. The van der Waals surface area contributed by atoms with Gasteiger partial charge in [0.25, 0.3) is 0 Å². The molecule has 1 aromatic rings. The van der Waals surface area contributed by atoms with Crippen LogP contribution in [0.3, 0.4) is 0 Å². The number of carbonyl (C=O) groups is 2. The Bertz CT molecular complexity index is 488. The highest BCUT2D eigenvalue weighted by Crippen LogP contribution is 2.29. The number of aliphatic carboxylic acids is 1. The fraction of sp³-hybridized carbons (Fsp3) is 0.429. The summed E-state index contributed by atoms with van der Waals surface area (Å²) >= 11 is 0. The summed E-state index contributed by atoms with van der Waals surface area (Å²) in [4.78, 5) is 23.2. The van der Waals surface area contributed by atoms with Crippen LogP contribution < -0.4 is 0 Å². The zero-order valence-electron chi connectivity index (χ0n) is 10.1. The van der Waals surface area contributed by atoms with Crippen LogP contribution in [0.15, 0.2) is 12.1 Å². The van der Waals surface area contributed by atoms with E-state index in [4.69, 9.17) is 5.11 Å². The molecule has 1 aliphatic rings. The molecular formula is C14H16O3. The molecule has 0 saturated carbocycles. The first-order chi connectivity index (χ1) is 8.00. The summed E-state index contributed by atoms with van der Waals surface area (Å²) in [5.74, 6) is -1.42. The van der Waals surface area contributed by atoms with E-state index in [1.165, 1.54) is 0 Å². The number of aryl methyl sites for hydroxylation is 2. The van der Waals surface area contributed by atoms with Gasteiger partial charge in [-0.2, -0.15) is 0 Å². The Morgan fingerprint density at radius 1 is 1.29 bits per heavy atom. The van der Waals surface area contributed by atoms with Crippen molar-refractivity contribution in [1.82, 2.24) is 0 Å². The SMILES string of the molecule is Cc1ccc(C)c2c1CCC(C(=O)O)CC2=O. The third-order valence-electron chi connectivity index (χ3n) is 3.56. The smallest absolute Gasteiger partial charge is 0.306 e. The molecule has 0 saturated heterocycles. The normalized spacial score (nSPS) is 19.6. The van der Waals surface area contributed by atoms with Crippen molar-refractivity contribution in [2.24, 2.45) is 5.92 Å². The summed E-state index contributed by atoms with van der Waals surface area (Å²) in [6.45, 7) is 3.89. The van der Waals surface area contributed by atoms with Crippen LogP contribution in [0.5, 0.6) is 0 Å².